The fourth-order valence-corrected chi connectivity index (χ4v) is 1.99. The predicted molar refractivity (Wildman–Crippen MR) is 59.9 cm³/mol. The normalized spacial score (nSPS) is 10.1. The molecular weight excluding hydrogens is 251 g/mol. The smallest absolute Gasteiger partial charge is 0.124 e. The molecule has 0 aliphatic carbocycles. The Balaban J connectivity index is 2.85. The summed E-state index contributed by atoms with van der Waals surface area (Å²) < 4.78 is 5.54. The van der Waals surface area contributed by atoms with E-state index >= 15 is 0 Å². The molecule has 0 bridgehead atoms. The molecule has 0 radical (unpaired) electrons. The molecule has 0 heterocycles. The summed E-state index contributed by atoms with van der Waals surface area (Å²) in [4.78, 5) is 0. The molecule has 0 amide bonds. The van der Waals surface area contributed by atoms with Gasteiger partial charge >= 0.3 is 0 Å². The molecule has 0 aliphatic heterocycles. The SMILES string of the molecule is CCCOc1cccc(Cl)c1CBr. The summed E-state index contributed by atoms with van der Waals surface area (Å²) in [6.45, 7) is 2.82. The Kier molecular flexibility index (Phi) is 4.60. The van der Waals surface area contributed by atoms with Crippen molar-refractivity contribution in [2.24, 2.45) is 0 Å². The third-order valence-corrected chi connectivity index (χ3v) is 2.59. The van der Waals surface area contributed by atoms with Gasteiger partial charge < -0.3 is 4.74 Å². The summed E-state index contributed by atoms with van der Waals surface area (Å²) in [6, 6.07) is 5.72. The summed E-state index contributed by atoms with van der Waals surface area (Å²) in [6.07, 6.45) is 1.01. The number of ether oxygens (including phenoxy) is 1. The first-order chi connectivity index (χ1) is 6.29. The highest BCUT2D eigenvalue weighted by molar-refractivity contribution is 9.08. The van der Waals surface area contributed by atoms with Crippen molar-refractivity contribution in [2.75, 3.05) is 6.61 Å². The summed E-state index contributed by atoms with van der Waals surface area (Å²) in [7, 11) is 0. The molecule has 0 spiro atoms. The minimum absolute atomic E-state index is 0.728. The first-order valence-electron chi connectivity index (χ1n) is 4.25. The van der Waals surface area contributed by atoms with Crippen molar-refractivity contribution >= 4 is 27.5 Å². The summed E-state index contributed by atoms with van der Waals surface area (Å²) in [5, 5.41) is 1.48. The van der Waals surface area contributed by atoms with Crippen LogP contribution in [0.25, 0.3) is 0 Å². The maximum atomic E-state index is 6.00. The number of alkyl halides is 1. The van der Waals surface area contributed by atoms with Gasteiger partial charge in [0.05, 0.1) is 6.61 Å². The largest absolute Gasteiger partial charge is 0.493 e. The fraction of sp³-hybridized carbons (Fsp3) is 0.400. The Morgan fingerprint density at radius 1 is 1.46 bits per heavy atom. The summed E-state index contributed by atoms with van der Waals surface area (Å²) >= 11 is 9.39. The van der Waals surface area contributed by atoms with E-state index in [9.17, 15) is 0 Å². The Hall–Kier alpha value is -0.210. The molecule has 0 unspecified atom stereocenters. The quantitative estimate of drug-likeness (QED) is 0.746. The zero-order valence-electron chi connectivity index (χ0n) is 7.52. The van der Waals surface area contributed by atoms with Gasteiger partial charge in [-0.25, -0.2) is 0 Å². The maximum absolute atomic E-state index is 6.00. The van der Waals surface area contributed by atoms with Crippen LogP contribution in [0, 0.1) is 0 Å². The van der Waals surface area contributed by atoms with Crippen LogP contribution in [0.3, 0.4) is 0 Å². The summed E-state index contributed by atoms with van der Waals surface area (Å²) in [5.41, 5.74) is 1.03. The van der Waals surface area contributed by atoms with Gasteiger partial charge in [0.1, 0.15) is 5.75 Å². The van der Waals surface area contributed by atoms with E-state index in [0.717, 1.165) is 34.7 Å². The number of halogens is 2. The summed E-state index contributed by atoms with van der Waals surface area (Å²) in [5.74, 6) is 0.881. The first-order valence-corrected chi connectivity index (χ1v) is 5.75. The molecule has 1 rings (SSSR count). The molecule has 0 atom stereocenters. The van der Waals surface area contributed by atoms with Gasteiger partial charge in [-0.15, -0.1) is 0 Å². The second kappa shape index (κ2) is 5.51. The van der Waals surface area contributed by atoms with E-state index in [1.807, 2.05) is 18.2 Å². The Morgan fingerprint density at radius 3 is 2.85 bits per heavy atom. The topological polar surface area (TPSA) is 9.23 Å². The van der Waals surface area contributed by atoms with E-state index in [4.69, 9.17) is 16.3 Å². The van der Waals surface area contributed by atoms with E-state index < -0.39 is 0 Å². The van der Waals surface area contributed by atoms with Crippen LogP contribution in [-0.2, 0) is 5.33 Å². The molecule has 72 valence electrons. The van der Waals surface area contributed by atoms with Crippen molar-refractivity contribution in [3.63, 3.8) is 0 Å². The van der Waals surface area contributed by atoms with Crippen molar-refractivity contribution in [3.05, 3.63) is 28.8 Å². The first kappa shape index (κ1) is 10.9. The van der Waals surface area contributed by atoms with Gasteiger partial charge in [-0.3, -0.25) is 0 Å². The highest BCUT2D eigenvalue weighted by Gasteiger charge is 2.05. The molecule has 0 fully saturated rings. The van der Waals surface area contributed by atoms with Crippen molar-refractivity contribution in [2.45, 2.75) is 18.7 Å². The van der Waals surface area contributed by atoms with E-state index in [2.05, 4.69) is 22.9 Å². The lowest BCUT2D eigenvalue weighted by molar-refractivity contribution is 0.315. The third kappa shape index (κ3) is 2.89. The van der Waals surface area contributed by atoms with Crippen LogP contribution in [0.5, 0.6) is 5.75 Å². The average Bonchev–Trinajstić information content (AvgIpc) is 2.15. The minimum Gasteiger partial charge on any atom is -0.493 e. The van der Waals surface area contributed by atoms with E-state index in [-0.39, 0.29) is 0 Å². The van der Waals surface area contributed by atoms with Crippen LogP contribution < -0.4 is 4.74 Å². The minimum atomic E-state index is 0.728. The molecule has 1 aromatic carbocycles. The molecule has 0 aromatic heterocycles. The monoisotopic (exact) mass is 262 g/mol. The number of rotatable bonds is 4. The van der Waals surface area contributed by atoms with Gasteiger partial charge in [-0.2, -0.15) is 0 Å². The maximum Gasteiger partial charge on any atom is 0.124 e. The van der Waals surface area contributed by atoms with Crippen LogP contribution in [0.15, 0.2) is 18.2 Å². The van der Waals surface area contributed by atoms with Gasteiger partial charge in [-0.1, -0.05) is 40.5 Å². The van der Waals surface area contributed by atoms with Gasteiger partial charge in [0, 0.05) is 15.9 Å². The van der Waals surface area contributed by atoms with Crippen molar-refractivity contribution in [1.29, 1.82) is 0 Å². The lowest BCUT2D eigenvalue weighted by Crippen LogP contribution is -1.98. The molecule has 0 saturated heterocycles. The second-order valence-corrected chi connectivity index (χ2v) is 3.67. The average molecular weight is 264 g/mol. The van der Waals surface area contributed by atoms with Gasteiger partial charge in [0.2, 0.25) is 0 Å². The molecule has 13 heavy (non-hydrogen) atoms. The molecule has 1 aromatic rings. The molecule has 0 aliphatic rings. The van der Waals surface area contributed by atoms with Crippen molar-refractivity contribution < 1.29 is 4.74 Å². The van der Waals surface area contributed by atoms with Gasteiger partial charge in [0.25, 0.3) is 0 Å². The molecule has 0 saturated carbocycles. The van der Waals surface area contributed by atoms with Crippen molar-refractivity contribution in [3.8, 4) is 5.75 Å². The zero-order chi connectivity index (χ0) is 9.68. The van der Waals surface area contributed by atoms with Gasteiger partial charge in [-0.05, 0) is 18.6 Å². The van der Waals surface area contributed by atoms with E-state index in [0.29, 0.717) is 0 Å². The number of hydrogen-bond acceptors (Lipinski definition) is 1. The molecular formula is C10H12BrClO. The zero-order valence-corrected chi connectivity index (χ0v) is 9.86. The van der Waals surface area contributed by atoms with Gasteiger partial charge in [0.15, 0.2) is 0 Å². The van der Waals surface area contributed by atoms with Crippen LogP contribution >= 0.6 is 27.5 Å². The van der Waals surface area contributed by atoms with Crippen LogP contribution in [-0.4, -0.2) is 6.61 Å². The van der Waals surface area contributed by atoms with E-state index in [1.54, 1.807) is 0 Å². The molecule has 3 heteroatoms. The van der Waals surface area contributed by atoms with Crippen molar-refractivity contribution in [1.82, 2.24) is 0 Å². The third-order valence-electron chi connectivity index (χ3n) is 1.67. The molecule has 1 nitrogen and oxygen atoms in total. The predicted octanol–water partition coefficient (Wildman–Crippen LogP) is 4.02. The Bertz CT molecular complexity index is 276. The highest BCUT2D eigenvalue weighted by Crippen LogP contribution is 2.28. The number of benzene rings is 1. The van der Waals surface area contributed by atoms with Crippen LogP contribution in [0.4, 0.5) is 0 Å². The van der Waals surface area contributed by atoms with Crippen LogP contribution in [0.2, 0.25) is 5.02 Å². The lowest BCUT2D eigenvalue weighted by atomic mass is 10.2. The highest BCUT2D eigenvalue weighted by atomic mass is 79.9. The van der Waals surface area contributed by atoms with E-state index in [1.165, 1.54) is 0 Å². The Labute approximate surface area is 92.2 Å². The standard InChI is InChI=1S/C10H12BrClO/c1-2-6-13-10-5-3-4-9(12)8(10)7-11/h3-5H,2,6-7H2,1H3. The Morgan fingerprint density at radius 2 is 2.23 bits per heavy atom. The lowest BCUT2D eigenvalue weighted by Gasteiger charge is -2.09. The van der Waals surface area contributed by atoms with Crippen LogP contribution in [0.1, 0.15) is 18.9 Å². The second-order valence-electron chi connectivity index (χ2n) is 2.70. The number of hydrogen-bond donors (Lipinski definition) is 0. The fourth-order valence-electron chi connectivity index (χ4n) is 1.02. The molecule has 0 N–H and O–H groups in total.